The van der Waals surface area contributed by atoms with E-state index in [1.807, 2.05) is 36.7 Å². The number of nitrogens with zero attached hydrogens (tertiary/aromatic N) is 2. The predicted molar refractivity (Wildman–Crippen MR) is 108 cm³/mol. The van der Waals surface area contributed by atoms with Gasteiger partial charge in [0.15, 0.2) is 0 Å². The van der Waals surface area contributed by atoms with Crippen molar-refractivity contribution in [1.82, 2.24) is 9.97 Å². The molecule has 5 nitrogen and oxygen atoms in total. The third-order valence-corrected chi connectivity index (χ3v) is 6.19. The van der Waals surface area contributed by atoms with Gasteiger partial charge >= 0.3 is 0 Å². The number of ether oxygens (including phenoxy) is 2. The Morgan fingerprint density at radius 3 is 2.96 bits per heavy atom. The van der Waals surface area contributed by atoms with E-state index >= 15 is 0 Å². The first-order valence-corrected chi connectivity index (χ1v) is 9.77. The van der Waals surface area contributed by atoms with Gasteiger partial charge in [0.2, 0.25) is 0 Å². The molecule has 0 spiro atoms. The lowest BCUT2D eigenvalue weighted by atomic mass is 9.97. The zero-order valence-electron chi connectivity index (χ0n) is 14.9. The van der Waals surface area contributed by atoms with E-state index in [0.717, 1.165) is 40.2 Å². The number of pyridine rings is 1. The molecule has 1 aromatic carbocycles. The van der Waals surface area contributed by atoms with E-state index in [4.69, 9.17) is 14.5 Å². The summed E-state index contributed by atoms with van der Waals surface area (Å²) in [6.45, 7) is 1.46. The maximum atomic E-state index is 5.98. The first-order valence-electron chi connectivity index (χ1n) is 8.95. The molecule has 3 aromatic rings. The Hall–Kier alpha value is -2.86. The Labute approximate surface area is 161 Å². The molecule has 0 saturated heterocycles. The highest BCUT2D eigenvalue weighted by atomic mass is 32.1. The number of aromatic nitrogens is 2. The Kier molecular flexibility index (Phi) is 4.05. The Morgan fingerprint density at radius 2 is 2.11 bits per heavy atom. The minimum Gasteiger partial charge on any atom is -0.497 e. The number of hydrogen-bond donors (Lipinski definition) is 1. The zero-order valence-corrected chi connectivity index (χ0v) is 15.8. The van der Waals surface area contributed by atoms with Crippen LogP contribution in [0.5, 0.6) is 11.5 Å². The van der Waals surface area contributed by atoms with Crippen LogP contribution in [0.2, 0.25) is 0 Å². The van der Waals surface area contributed by atoms with Crippen LogP contribution in [0, 0.1) is 0 Å². The zero-order chi connectivity index (χ0) is 18.2. The van der Waals surface area contributed by atoms with E-state index in [2.05, 4.69) is 22.4 Å². The number of hydrogen-bond acceptors (Lipinski definition) is 6. The highest BCUT2D eigenvalue weighted by Crippen LogP contribution is 2.40. The summed E-state index contributed by atoms with van der Waals surface area (Å²) in [7, 11) is 1.69. The molecule has 1 atom stereocenters. The first-order chi connectivity index (χ1) is 13.3. The number of methoxy groups -OCH3 is 1. The highest BCUT2D eigenvalue weighted by Gasteiger charge is 2.26. The lowest BCUT2D eigenvalue weighted by Crippen LogP contribution is -2.19. The summed E-state index contributed by atoms with van der Waals surface area (Å²) >= 11 is 1.73. The molecule has 0 fully saturated rings. The van der Waals surface area contributed by atoms with Crippen LogP contribution < -0.4 is 14.8 Å². The quantitative estimate of drug-likeness (QED) is 0.740. The molecular formula is C21H19N3O2S. The second-order valence-electron chi connectivity index (χ2n) is 6.71. The van der Waals surface area contributed by atoms with Gasteiger partial charge in [-0.2, -0.15) is 0 Å². The molecule has 0 amide bonds. The van der Waals surface area contributed by atoms with Gasteiger partial charge in [0.1, 0.15) is 21.5 Å². The van der Waals surface area contributed by atoms with Crippen LogP contribution in [0.15, 0.2) is 42.7 Å². The predicted octanol–water partition coefficient (Wildman–Crippen LogP) is 4.23. The van der Waals surface area contributed by atoms with Crippen LogP contribution in [0.4, 0.5) is 5.00 Å². The van der Waals surface area contributed by atoms with Gasteiger partial charge in [-0.1, -0.05) is 0 Å². The second kappa shape index (κ2) is 6.70. The number of fused-ring (bicyclic) bond motifs is 2. The molecular weight excluding hydrogens is 358 g/mol. The van der Waals surface area contributed by atoms with Crippen LogP contribution in [0.3, 0.4) is 0 Å². The molecule has 0 radical (unpaired) electrons. The van der Waals surface area contributed by atoms with Crippen molar-refractivity contribution >= 4 is 28.0 Å². The summed E-state index contributed by atoms with van der Waals surface area (Å²) in [5.41, 5.74) is 4.61. The largest absolute Gasteiger partial charge is 0.497 e. The van der Waals surface area contributed by atoms with Crippen molar-refractivity contribution in [2.24, 2.45) is 0 Å². The summed E-state index contributed by atoms with van der Waals surface area (Å²) in [5, 5.41) is 5.77. The SMILES string of the molecule is COc1ccc2c(c1)CC(c1nc3c(s1)NCC(c1ccncc1)=C3)CO2. The van der Waals surface area contributed by atoms with Crippen LogP contribution in [-0.4, -0.2) is 30.2 Å². The number of thiazole rings is 1. The Bertz CT molecular complexity index is 1010. The lowest BCUT2D eigenvalue weighted by molar-refractivity contribution is 0.261. The average Bonchev–Trinajstić information content (AvgIpc) is 3.17. The van der Waals surface area contributed by atoms with E-state index in [-0.39, 0.29) is 5.92 Å². The molecule has 2 aromatic heterocycles. The van der Waals surface area contributed by atoms with Crippen LogP contribution in [-0.2, 0) is 6.42 Å². The molecule has 27 heavy (non-hydrogen) atoms. The van der Waals surface area contributed by atoms with Gasteiger partial charge in [0.25, 0.3) is 0 Å². The van der Waals surface area contributed by atoms with E-state index in [1.54, 1.807) is 18.4 Å². The first kappa shape index (κ1) is 16.3. The van der Waals surface area contributed by atoms with Crippen molar-refractivity contribution in [2.75, 3.05) is 25.6 Å². The topological polar surface area (TPSA) is 56.3 Å². The minimum atomic E-state index is 0.264. The van der Waals surface area contributed by atoms with Crippen molar-refractivity contribution in [1.29, 1.82) is 0 Å². The van der Waals surface area contributed by atoms with E-state index in [9.17, 15) is 0 Å². The van der Waals surface area contributed by atoms with Crippen molar-refractivity contribution < 1.29 is 9.47 Å². The number of benzene rings is 1. The number of rotatable bonds is 3. The molecule has 4 heterocycles. The standard InChI is InChI=1S/C21H19N3O2S/c1-25-17-2-3-19-14(9-17)8-16(12-26-19)20-24-18-10-15(11-23-21(18)27-20)13-4-6-22-7-5-13/h2-7,9-10,16,23H,8,11-12H2,1H3. The third kappa shape index (κ3) is 3.06. The maximum absolute atomic E-state index is 5.98. The van der Waals surface area contributed by atoms with Gasteiger partial charge in [0, 0.05) is 24.9 Å². The molecule has 5 rings (SSSR count). The molecule has 1 unspecified atom stereocenters. The molecule has 0 bridgehead atoms. The van der Waals surface area contributed by atoms with Crippen LogP contribution in [0.25, 0.3) is 11.6 Å². The Balaban J connectivity index is 1.42. The van der Waals surface area contributed by atoms with E-state index in [0.29, 0.717) is 6.61 Å². The minimum absolute atomic E-state index is 0.264. The second-order valence-corrected chi connectivity index (χ2v) is 7.74. The molecule has 6 heteroatoms. The molecule has 2 aliphatic heterocycles. The monoisotopic (exact) mass is 377 g/mol. The Morgan fingerprint density at radius 1 is 1.22 bits per heavy atom. The van der Waals surface area contributed by atoms with Crippen molar-refractivity contribution in [3.63, 3.8) is 0 Å². The van der Waals surface area contributed by atoms with E-state index in [1.165, 1.54) is 16.7 Å². The molecule has 0 saturated carbocycles. The molecule has 136 valence electrons. The van der Waals surface area contributed by atoms with Gasteiger partial charge in [-0.05, 0) is 59.5 Å². The molecule has 1 N–H and O–H groups in total. The number of anilines is 1. The summed E-state index contributed by atoms with van der Waals surface area (Å²) in [4.78, 5) is 9.01. The highest BCUT2D eigenvalue weighted by molar-refractivity contribution is 7.16. The van der Waals surface area contributed by atoms with Gasteiger partial charge in [-0.15, -0.1) is 11.3 Å². The lowest BCUT2D eigenvalue weighted by Gasteiger charge is -2.24. The smallest absolute Gasteiger partial charge is 0.122 e. The van der Waals surface area contributed by atoms with Crippen molar-refractivity contribution in [2.45, 2.75) is 12.3 Å². The fourth-order valence-electron chi connectivity index (χ4n) is 3.55. The average molecular weight is 377 g/mol. The summed E-state index contributed by atoms with van der Waals surface area (Å²) in [6, 6.07) is 10.1. The maximum Gasteiger partial charge on any atom is 0.122 e. The van der Waals surface area contributed by atoms with Gasteiger partial charge < -0.3 is 14.8 Å². The van der Waals surface area contributed by atoms with Crippen molar-refractivity contribution in [3.8, 4) is 11.5 Å². The fourth-order valence-corrected chi connectivity index (χ4v) is 4.57. The van der Waals surface area contributed by atoms with Gasteiger partial charge in [0.05, 0.1) is 19.4 Å². The fraction of sp³-hybridized carbons (Fsp3) is 0.238. The third-order valence-electron chi connectivity index (χ3n) is 4.99. The summed E-state index contributed by atoms with van der Waals surface area (Å²) in [6.07, 6.45) is 6.74. The van der Waals surface area contributed by atoms with Crippen molar-refractivity contribution in [3.05, 3.63) is 64.6 Å². The summed E-state index contributed by atoms with van der Waals surface area (Å²) < 4.78 is 11.3. The van der Waals surface area contributed by atoms with Crippen LogP contribution >= 0.6 is 11.3 Å². The molecule has 0 aliphatic carbocycles. The van der Waals surface area contributed by atoms with Gasteiger partial charge in [-0.3, -0.25) is 4.98 Å². The molecule has 2 aliphatic rings. The van der Waals surface area contributed by atoms with Gasteiger partial charge in [-0.25, -0.2) is 4.98 Å². The van der Waals surface area contributed by atoms with E-state index < -0.39 is 0 Å². The normalized spacial score (nSPS) is 17.8. The summed E-state index contributed by atoms with van der Waals surface area (Å²) in [5.74, 6) is 2.08. The number of nitrogens with one attached hydrogen (secondary N) is 1. The van der Waals surface area contributed by atoms with Crippen LogP contribution in [0.1, 0.15) is 27.7 Å².